The molecule has 0 unspecified atom stereocenters. The van der Waals surface area contributed by atoms with Crippen molar-refractivity contribution in [3.05, 3.63) is 45.5 Å². The fourth-order valence-corrected chi connectivity index (χ4v) is 2.49. The van der Waals surface area contributed by atoms with Gasteiger partial charge in [-0.1, -0.05) is 0 Å². The summed E-state index contributed by atoms with van der Waals surface area (Å²) in [6.45, 7) is 6.88. The molecule has 4 heteroatoms. The summed E-state index contributed by atoms with van der Waals surface area (Å²) in [5.41, 5.74) is 3.66. The molecule has 0 amide bonds. The molecule has 0 heterocycles. The highest BCUT2D eigenvalue weighted by Gasteiger charge is 2.18. The topological polar surface area (TPSA) is 80.9 Å². The van der Waals surface area contributed by atoms with Crippen LogP contribution in [0.2, 0.25) is 0 Å². The van der Waals surface area contributed by atoms with Gasteiger partial charge in [-0.25, -0.2) is 0 Å². The minimum Gasteiger partial charge on any atom is -0.508 e. The van der Waals surface area contributed by atoms with Gasteiger partial charge >= 0.3 is 0 Å². The molecule has 0 aromatic heterocycles. The van der Waals surface area contributed by atoms with Crippen LogP contribution in [-0.4, -0.2) is 20.4 Å². The molecule has 0 aliphatic rings. The van der Waals surface area contributed by atoms with E-state index in [1.165, 1.54) is 0 Å². The number of hydrogen-bond donors (Lipinski definition) is 4. The molecule has 0 saturated heterocycles. The lowest BCUT2D eigenvalue weighted by Crippen LogP contribution is -1.99. The molecule has 4 N–H and O–H groups in total. The van der Waals surface area contributed by atoms with Gasteiger partial charge in [-0.05, 0) is 51.0 Å². The zero-order chi connectivity index (χ0) is 15.9. The molecule has 0 fully saturated rings. The van der Waals surface area contributed by atoms with Gasteiger partial charge < -0.3 is 20.4 Å². The van der Waals surface area contributed by atoms with Gasteiger partial charge in [0.25, 0.3) is 0 Å². The summed E-state index contributed by atoms with van der Waals surface area (Å²) in [6, 6.07) is 3.20. The van der Waals surface area contributed by atoms with E-state index in [1.807, 2.05) is 0 Å². The maximum absolute atomic E-state index is 10.2. The van der Waals surface area contributed by atoms with Crippen molar-refractivity contribution in [3.8, 4) is 23.0 Å². The first kappa shape index (κ1) is 15.0. The Labute approximate surface area is 123 Å². The summed E-state index contributed by atoms with van der Waals surface area (Å²) in [6.07, 6.45) is 0.331. The lowest BCUT2D eigenvalue weighted by Gasteiger charge is -2.16. The SMILES string of the molecule is Cc1cc(O)c(C)c(O)c1Cc1c(C)cc(O)c(C)c1O. The van der Waals surface area contributed by atoms with Gasteiger partial charge in [0.1, 0.15) is 23.0 Å². The lowest BCUT2D eigenvalue weighted by atomic mass is 9.92. The van der Waals surface area contributed by atoms with Crippen molar-refractivity contribution in [2.45, 2.75) is 34.1 Å². The molecule has 21 heavy (non-hydrogen) atoms. The maximum atomic E-state index is 10.2. The van der Waals surface area contributed by atoms with Crippen LogP contribution in [0.5, 0.6) is 23.0 Å². The minimum absolute atomic E-state index is 0.0389. The quantitative estimate of drug-likeness (QED) is 0.683. The predicted octanol–water partition coefficient (Wildman–Crippen LogP) is 3.33. The molecule has 0 bridgehead atoms. The van der Waals surface area contributed by atoms with Gasteiger partial charge in [0, 0.05) is 28.7 Å². The van der Waals surface area contributed by atoms with Crippen LogP contribution >= 0.6 is 0 Å². The first-order valence-corrected chi connectivity index (χ1v) is 6.76. The first-order valence-electron chi connectivity index (χ1n) is 6.76. The molecular formula is C17H20O4. The van der Waals surface area contributed by atoms with Crippen molar-refractivity contribution >= 4 is 0 Å². The molecule has 112 valence electrons. The number of aryl methyl sites for hydroxylation is 2. The smallest absolute Gasteiger partial charge is 0.125 e. The summed E-state index contributed by atoms with van der Waals surface area (Å²) < 4.78 is 0. The van der Waals surface area contributed by atoms with Crippen LogP contribution in [0, 0.1) is 27.7 Å². The van der Waals surface area contributed by atoms with Crippen molar-refractivity contribution in [3.63, 3.8) is 0 Å². The summed E-state index contributed by atoms with van der Waals surface area (Å²) in [5.74, 6) is 0.183. The normalized spacial score (nSPS) is 10.9. The number of phenolic OH excluding ortho intramolecular Hbond substituents is 4. The van der Waals surface area contributed by atoms with Crippen molar-refractivity contribution < 1.29 is 20.4 Å². The summed E-state index contributed by atoms with van der Waals surface area (Å²) in [4.78, 5) is 0. The zero-order valence-corrected chi connectivity index (χ0v) is 12.7. The Morgan fingerprint density at radius 2 is 1.00 bits per heavy atom. The Hall–Kier alpha value is -2.36. The van der Waals surface area contributed by atoms with Crippen LogP contribution in [-0.2, 0) is 6.42 Å². The Morgan fingerprint density at radius 1 is 0.667 bits per heavy atom. The molecule has 0 spiro atoms. The van der Waals surface area contributed by atoms with Gasteiger partial charge in [0.2, 0.25) is 0 Å². The standard InChI is InChI=1S/C17H20O4/c1-8-5-14(18)10(3)16(20)12(8)7-13-9(2)6-15(19)11(4)17(13)21/h5-6,18-21H,7H2,1-4H3. The number of benzene rings is 2. The Balaban J connectivity index is 2.59. The van der Waals surface area contributed by atoms with Crippen LogP contribution in [0.15, 0.2) is 12.1 Å². The molecule has 4 nitrogen and oxygen atoms in total. The van der Waals surface area contributed by atoms with E-state index in [9.17, 15) is 20.4 Å². The average molecular weight is 288 g/mol. The van der Waals surface area contributed by atoms with E-state index in [1.54, 1.807) is 39.8 Å². The molecule has 0 radical (unpaired) electrons. The van der Waals surface area contributed by atoms with Crippen LogP contribution in [0.4, 0.5) is 0 Å². The summed E-state index contributed by atoms with van der Waals surface area (Å²) in [5, 5.41) is 39.9. The van der Waals surface area contributed by atoms with Gasteiger partial charge in [0.15, 0.2) is 0 Å². The number of hydrogen-bond acceptors (Lipinski definition) is 4. The second-order valence-corrected chi connectivity index (χ2v) is 5.51. The first-order chi connectivity index (χ1) is 9.73. The van der Waals surface area contributed by atoms with Crippen molar-refractivity contribution in [2.75, 3.05) is 0 Å². The van der Waals surface area contributed by atoms with Crippen molar-refractivity contribution in [2.24, 2.45) is 0 Å². The van der Waals surface area contributed by atoms with Crippen LogP contribution in [0.1, 0.15) is 33.4 Å². The van der Waals surface area contributed by atoms with E-state index in [2.05, 4.69) is 0 Å². The lowest BCUT2D eigenvalue weighted by molar-refractivity contribution is 0.434. The van der Waals surface area contributed by atoms with Crippen molar-refractivity contribution in [1.29, 1.82) is 0 Å². The third kappa shape index (κ3) is 2.49. The Kier molecular flexibility index (Phi) is 3.73. The third-order valence-electron chi connectivity index (χ3n) is 4.06. The number of aromatic hydroxyl groups is 4. The van der Waals surface area contributed by atoms with Gasteiger partial charge in [0.05, 0.1) is 0 Å². The molecular weight excluding hydrogens is 268 g/mol. The predicted molar refractivity (Wildman–Crippen MR) is 81.3 cm³/mol. The van der Waals surface area contributed by atoms with E-state index < -0.39 is 0 Å². The van der Waals surface area contributed by atoms with E-state index >= 15 is 0 Å². The van der Waals surface area contributed by atoms with E-state index in [-0.39, 0.29) is 23.0 Å². The molecule has 2 aromatic rings. The zero-order valence-electron chi connectivity index (χ0n) is 12.7. The van der Waals surface area contributed by atoms with Crippen LogP contribution < -0.4 is 0 Å². The molecule has 0 atom stereocenters. The molecule has 2 rings (SSSR count). The largest absolute Gasteiger partial charge is 0.508 e. The minimum atomic E-state index is 0.0389. The van der Waals surface area contributed by atoms with E-state index in [0.717, 1.165) is 11.1 Å². The maximum Gasteiger partial charge on any atom is 0.125 e. The van der Waals surface area contributed by atoms with Gasteiger partial charge in [-0.15, -0.1) is 0 Å². The Bertz CT molecular complexity index is 656. The third-order valence-corrected chi connectivity index (χ3v) is 4.06. The highest BCUT2D eigenvalue weighted by molar-refractivity contribution is 5.58. The highest BCUT2D eigenvalue weighted by Crippen LogP contribution is 2.38. The molecule has 0 saturated carbocycles. The number of rotatable bonds is 2. The number of phenols is 4. The van der Waals surface area contributed by atoms with Crippen LogP contribution in [0.3, 0.4) is 0 Å². The fourth-order valence-electron chi connectivity index (χ4n) is 2.49. The summed E-state index contributed by atoms with van der Waals surface area (Å²) >= 11 is 0. The Morgan fingerprint density at radius 3 is 1.33 bits per heavy atom. The highest BCUT2D eigenvalue weighted by atomic mass is 16.3. The van der Waals surface area contributed by atoms with Crippen molar-refractivity contribution in [1.82, 2.24) is 0 Å². The summed E-state index contributed by atoms with van der Waals surface area (Å²) in [7, 11) is 0. The average Bonchev–Trinajstić information content (AvgIpc) is 2.42. The van der Waals surface area contributed by atoms with E-state index in [4.69, 9.17) is 0 Å². The van der Waals surface area contributed by atoms with Crippen LogP contribution in [0.25, 0.3) is 0 Å². The van der Waals surface area contributed by atoms with Gasteiger partial charge in [-0.2, -0.15) is 0 Å². The molecule has 0 aliphatic heterocycles. The molecule has 0 aliphatic carbocycles. The van der Waals surface area contributed by atoms with E-state index in [0.29, 0.717) is 28.7 Å². The monoisotopic (exact) mass is 288 g/mol. The fraction of sp³-hybridized carbons (Fsp3) is 0.294. The molecule has 2 aromatic carbocycles. The van der Waals surface area contributed by atoms with Gasteiger partial charge in [-0.3, -0.25) is 0 Å². The second-order valence-electron chi connectivity index (χ2n) is 5.51. The second kappa shape index (κ2) is 5.20.